The van der Waals surface area contributed by atoms with Gasteiger partial charge in [0, 0.05) is 6.54 Å². The Kier molecular flexibility index (Phi) is 8.90. The Morgan fingerprint density at radius 1 is 1.67 bits per heavy atom. The van der Waals surface area contributed by atoms with Gasteiger partial charge < -0.3 is 17.2 Å². The third-order valence-electron chi connectivity index (χ3n) is 0.846. The molecule has 0 aromatic rings. The summed E-state index contributed by atoms with van der Waals surface area (Å²) in [5.74, 6) is 0.0680. The van der Waals surface area contributed by atoms with Crippen molar-refractivity contribution in [3.63, 3.8) is 0 Å². The van der Waals surface area contributed by atoms with Gasteiger partial charge in [-0.1, -0.05) is 13.3 Å². The molecule has 9 heavy (non-hydrogen) atoms. The molecule has 0 aromatic carbocycles. The van der Waals surface area contributed by atoms with E-state index in [2.05, 4.69) is 12.2 Å². The molecule has 0 bridgehead atoms. The summed E-state index contributed by atoms with van der Waals surface area (Å²) in [4.78, 5) is 0. The van der Waals surface area contributed by atoms with E-state index in [1.54, 1.807) is 0 Å². The standard InChI is InChI=1S/C5H13N3.H3N/c1-2-3-4-8-5(6)7;/h2-4H2,1H3,(H4,6,7,8);1H3. The van der Waals surface area contributed by atoms with Crippen LogP contribution < -0.4 is 17.2 Å². The highest BCUT2D eigenvalue weighted by Crippen LogP contribution is 1.80. The predicted molar refractivity (Wildman–Crippen MR) is 39.8 cm³/mol. The van der Waals surface area contributed by atoms with Gasteiger partial charge in [-0.15, -0.1) is 0 Å². The fourth-order valence-electron chi connectivity index (χ4n) is 0.400. The van der Waals surface area contributed by atoms with Crippen molar-refractivity contribution in [1.29, 1.82) is 5.41 Å². The molecule has 0 atom stereocenters. The first kappa shape index (κ1) is 11.1. The smallest absolute Gasteiger partial charge is 0.185 e. The highest BCUT2D eigenvalue weighted by Gasteiger charge is 1.82. The number of hydrogen-bond acceptors (Lipinski definition) is 2. The van der Waals surface area contributed by atoms with Crippen LogP contribution in [0.5, 0.6) is 0 Å². The summed E-state index contributed by atoms with van der Waals surface area (Å²) in [5.41, 5.74) is 5.01. The molecule has 4 nitrogen and oxygen atoms in total. The Labute approximate surface area is 55.9 Å². The van der Waals surface area contributed by atoms with Gasteiger partial charge in [-0.3, -0.25) is 5.41 Å². The van der Waals surface area contributed by atoms with E-state index in [1.807, 2.05) is 0 Å². The maximum absolute atomic E-state index is 6.74. The van der Waals surface area contributed by atoms with Gasteiger partial charge in [0.1, 0.15) is 0 Å². The van der Waals surface area contributed by atoms with Gasteiger partial charge in [-0.05, 0) is 6.42 Å². The summed E-state index contributed by atoms with van der Waals surface area (Å²) in [5, 5.41) is 9.45. The molecule has 0 fully saturated rings. The molecular weight excluding hydrogens is 116 g/mol. The molecular formula is C5H16N4. The molecule has 0 amide bonds. The molecule has 0 aliphatic heterocycles. The first-order valence-corrected chi connectivity index (χ1v) is 2.85. The predicted octanol–water partition coefficient (Wildman–Crippen LogP) is 0.432. The zero-order chi connectivity index (χ0) is 6.41. The van der Waals surface area contributed by atoms with Gasteiger partial charge in [0.25, 0.3) is 0 Å². The molecule has 0 unspecified atom stereocenters. The number of unbranched alkanes of at least 4 members (excludes halogenated alkanes) is 1. The molecule has 56 valence electrons. The number of hydrogen-bond donors (Lipinski definition) is 4. The Balaban J connectivity index is 0. The minimum atomic E-state index is 0. The minimum absolute atomic E-state index is 0. The summed E-state index contributed by atoms with van der Waals surface area (Å²) < 4.78 is 0. The van der Waals surface area contributed by atoms with Crippen LogP contribution in [0.3, 0.4) is 0 Å². The molecule has 0 radical (unpaired) electrons. The van der Waals surface area contributed by atoms with Gasteiger partial charge in [0.2, 0.25) is 0 Å². The van der Waals surface area contributed by atoms with E-state index in [0.29, 0.717) is 0 Å². The third-order valence-corrected chi connectivity index (χ3v) is 0.846. The lowest BCUT2D eigenvalue weighted by molar-refractivity contribution is 0.749. The van der Waals surface area contributed by atoms with Gasteiger partial charge in [0.05, 0.1) is 0 Å². The van der Waals surface area contributed by atoms with Crippen molar-refractivity contribution >= 4 is 5.96 Å². The number of guanidine groups is 1. The Morgan fingerprint density at radius 2 is 2.22 bits per heavy atom. The molecule has 0 aromatic heterocycles. The van der Waals surface area contributed by atoms with Gasteiger partial charge in [-0.25, -0.2) is 0 Å². The zero-order valence-corrected chi connectivity index (χ0v) is 5.91. The van der Waals surface area contributed by atoms with Gasteiger partial charge in [-0.2, -0.15) is 0 Å². The molecule has 0 rings (SSSR count). The zero-order valence-electron chi connectivity index (χ0n) is 5.91. The molecule has 7 N–H and O–H groups in total. The van der Waals surface area contributed by atoms with Crippen LogP contribution in [0.1, 0.15) is 19.8 Å². The third kappa shape index (κ3) is 11.1. The van der Waals surface area contributed by atoms with Crippen LogP contribution in [0, 0.1) is 5.41 Å². The van der Waals surface area contributed by atoms with Gasteiger partial charge in [0.15, 0.2) is 5.96 Å². The molecule has 0 aliphatic rings. The maximum Gasteiger partial charge on any atom is 0.185 e. The average Bonchev–Trinajstić information content (AvgIpc) is 1.66. The average molecular weight is 132 g/mol. The summed E-state index contributed by atoms with van der Waals surface area (Å²) in [6.07, 6.45) is 2.22. The number of nitrogens with two attached hydrogens (primary N) is 1. The summed E-state index contributed by atoms with van der Waals surface area (Å²) in [6.45, 7) is 2.92. The van der Waals surface area contributed by atoms with Crippen LogP contribution in [0.15, 0.2) is 0 Å². The maximum atomic E-state index is 6.74. The molecule has 0 heterocycles. The SMILES string of the molecule is CCCCNC(=N)N.N. The van der Waals surface area contributed by atoms with Crippen LogP contribution >= 0.6 is 0 Å². The van der Waals surface area contributed by atoms with Crippen molar-refractivity contribution in [2.75, 3.05) is 6.54 Å². The van der Waals surface area contributed by atoms with E-state index in [0.717, 1.165) is 19.4 Å². The molecule has 0 aliphatic carbocycles. The monoisotopic (exact) mass is 132 g/mol. The first-order chi connectivity index (χ1) is 3.77. The lowest BCUT2D eigenvalue weighted by Gasteiger charge is -1.98. The van der Waals surface area contributed by atoms with E-state index in [-0.39, 0.29) is 12.1 Å². The van der Waals surface area contributed by atoms with Crippen molar-refractivity contribution in [2.24, 2.45) is 5.73 Å². The highest BCUT2D eigenvalue weighted by atomic mass is 15.0. The number of nitrogens with one attached hydrogen (secondary N) is 2. The Bertz CT molecular complexity index is 71.4. The van der Waals surface area contributed by atoms with Crippen LogP contribution in [-0.2, 0) is 0 Å². The fourth-order valence-corrected chi connectivity index (χ4v) is 0.400. The fraction of sp³-hybridized carbons (Fsp3) is 0.800. The van der Waals surface area contributed by atoms with Crippen LogP contribution in [0.2, 0.25) is 0 Å². The van der Waals surface area contributed by atoms with E-state index >= 15 is 0 Å². The molecule has 0 spiro atoms. The van der Waals surface area contributed by atoms with Crippen LogP contribution in [0.25, 0.3) is 0 Å². The lowest BCUT2D eigenvalue weighted by Crippen LogP contribution is -2.30. The van der Waals surface area contributed by atoms with Gasteiger partial charge >= 0.3 is 0 Å². The number of rotatable bonds is 3. The van der Waals surface area contributed by atoms with Crippen LogP contribution in [0.4, 0.5) is 0 Å². The topological polar surface area (TPSA) is 96.9 Å². The van der Waals surface area contributed by atoms with Crippen molar-refractivity contribution in [3.8, 4) is 0 Å². The molecule has 0 saturated carbocycles. The Morgan fingerprint density at radius 3 is 2.56 bits per heavy atom. The quantitative estimate of drug-likeness (QED) is 0.255. The van der Waals surface area contributed by atoms with Crippen molar-refractivity contribution < 1.29 is 0 Å². The summed E-state index contributed by atoms with van der Waals surface area (Å²) in [7, 11) is 0. The minimum Gasteiger partial charge on any atom is -0.370 e. The highest BCUT2D eigenvalue weighted by molar-refractivity contribution is 5.74. The van der Waals surface area contributed by atoms with E-state index in [1.165, 1.54) is 0 Å². The summed E-state index contributed by atoms with van der Waals surface area (Å²) in [6, 6.07) is 0. The largest absolute Gasteiger partial charge is 0.370 e. The lowest BCUT2D eigenvalue weighted by atomic mass is 10.3. The van der Waals surface area contributed by atoms with Crippen molar-refractivity contribution in [1.82, 2.24) is 11.5 Å². The first-order valence-electron chi connectivity index (χ1n) is 2.85. The second-order valence-corrected chi connectivity index (χ2v) is 1.69. The van der Waals surface area contributed by atoms with Crippen LogP contribution in [-0.4, -0.2) is 12.5 Å². The normalized spacial score (nSPS) is 7.67. The molecule has 4 heteroatoms. The molecule has 0 saturated heterocycles. The Hall–Kier alpha value is -0.770. The van der Waals surface area contributed by atoms with Crippen molar-refractivity contribution in [3.05, 3.63) is 0 Å². The van der Waals surface area contributed by atoms with E-state index < -0.39 is 0 Å². The van der Waals surface area contributed by atoms with E-state index in [9.17, 15) is 0 Å². The summed E-state index contributed by atoms with van der Waals surface area (Å²) >= 11 is 0. The van der Waals surface area contributed by atoms with E-state index in [4.69, 9.17) is 11.1 Å². The second-order valence-electron chi connectivity index (χ2n) is 1.69. The van der Waals surface area contributed by atoms with Crippen molar-refractivity contribution in [2.45, 2.75) is 19.8 Å². The second kappa shape index (κ2) is 7.23.